The van der Waals surface area contributed by atoms with E-state index in [-0.39, 0.29) is 5.91 Å². The van der Waals surface area contributed by atoms with Crippen LogP contribution in [0.2, 0.25) is 0 Å². The molecule has 82 valence electrons. The summed E-state index contributed by atoms with van der Waals surface area (Å²) in [4.78, 5) is 16.0. The molecule has 0 radical (unpaired) electrons. The van der Waals surface area contributed by atoms with Crippen molar-refractivity contribution in [3.8, 4) is 0 Å². The van der Waals surface area contributed by atoms with Crippen molar-refractivity contribution in [1.82, 2.24) is 0 Å². The predicted molar refractivity (Wildman–Crippen MR) is 60.9 cm³/mol. The van der Waals surface area contributed by atoms with Crippen LogP contribution in [0.25, 0.3) is 10.4 Å². The van der Waals surface area contributed by atoms with Gasteiger partial charge in [0, 0.05) is 23.6 Å². The second-order valence-corrected chi connectivity index (χ2v) is 3.70. The summed E-state index contributed by atoms with van der Waals surface area (Å²) >= 11 is 0. The smallest absolute Gasteiger partial charge is 0.227 e. The van der Waals surface area contributed by atoms with E-state index in [1.165, 1.54) is 0 Å². The molecule has 0 bridgehead atoms. The third kappa shape index (κ3) is 2.15. The maximum atomic E-state index is 11.5. The van der Waals surface area contributed by atoms with Crippen molar-refractivity contribution in [2.45, 2.75) is 19.4 Å². The van der Waals surface area contributed by atoms with Gasteiger partial charge in [-0.25, -0.2) is 0 Å². The maximum Gasteiger partial charge on any atom is 0.227 e. The zero-order chi connectivity index (χ0) is 11.4. The quantitative estimate of drug-likeness (QED) is 0.435. The Labute approximate surface area is 93.3 Å². The van der Waals surface area contributed by atoms with Gasteiger partial charge in [0.2, 0.25) is 5.91 Å². The first-order valence-corrected chi connectivity index (χ1v) is 5.21. The van der Waals surface area contributed by atoms with Gasteiger partial charge in [0.15, 0.2) is 0 Å². The van der Waals surface area contributed by atoms with E-state index in [0.29, 0.717) is 13.0 Å². The summed E-state index contributed by atoms with van der Waals surface area (Å²) < 4.78 is 0. The number of anilines is 1. The Kier molecular flexibility index (Phi) is 3.08. The molecule has 0 unspecified atom stereocenters. The minimum atomic E-state index is 0.183. The molecule has 0 aromatic heterocycles. The second-order valence-electron chi connectivity index (χ2n) is 3.70. The van der Waals surface area contributed by atoms with Gasteiger partial charge in [0.1, 0.15) is 0 Å². The van der Waals surface area contributed by atoms with E-state index in [1.807, 2.05) is 24.3 Å². The van der Waals surface area contributed by atoms with Crippen LogP contribution in [0.3, 0.4) is 0 Å². The number of azide groups is 1. The van der Waals surface area contributed by atoms with Crippen molar-refractivity contribution < 1.29 is 4.79 Å². The van der Waals surface area contributed by atoms with Gasteiger partial charge < -0.3 is 4.90 Å². The fourth-order valence-electron chi connectivity index (χ4n) is 1.82. The zero-order valence-corrected chi connectivity index (χ0v) is 8.83. The van der Waals surface area contributed by atoms with Crippen LogP contribution in [0.15, 0.2) is 29.4 Å². The molecule has 1 aliphatic heterocycles. The van der Waals surface area contributed by atoms with Crippen LogP contribution in [-0.2, 0) is 11.3 Å². The fourth-order valence-corrected chi connectivity index (χ4v) is 1.82. The summed E-state index contributed by atoms with van der Waals surface area (Å²) in [6, 6.07) is 7.56. The van der Waals surface area contributed by atoms with Crippen molar-refractivity contribution >= 4 is 11.6 Å². The lowest BCUT2D eigenvalue weighted by molar-refractivity contribution is -0.117. The molecule has 0 saturated carbocycles. The Morgan fingerprint density at radius 1 is 1.38 bits per heavy atom. The summed E-state index contributed by atoms with van der Waals surface area (Å²) in [5.41, 5.74) is 10.1. The Hall–Kier alpha value is -2.00. The Bertz CT molecular complexity index is 434. The lowest BCUT2D eigenvalue weighted by Gasteiger charge is -2.15. The average molecular weight is 216 g/mol. The normalized spacial score (nSPS) is 15.0. The number of benzene rings is 1. The molecule has 5 nitrogen and oxygen atoms in total. The van der Waals surface area contributed by atoms with Gasteiger partial charge in [-0.05, 0) is 29.6 Å². The van der Waals surface area contributed by atoms with Crippen molar-refractivity contribution in [3.63, 3.8) is 0 Å². The van der Waals surface area contributed by atoms with Gasteiger partial charge in [-0.15, -0.1) is 0 Å². The molecule has 1 fully saturated rings. The number of carbonyl (C=O) groups excluding carboxylic acids is 1. The van der Waals surface area contributed by atoms with Gasteiger partial charge >= 0.3 is 0 Å². The topological polar surface area (TPSA) is 69.1 Å². The third-order valence-electron chi connectivity index (χ3n) is 2.64. The monoisotopic (exact) mass is 216 g/mol. The average Bonchev–Trinajstić information content (AvgIpc) is 2.74. The van der Waals surface area contributed by atoms with Crippen LogP contribution in [0, 0.1) is 0 Å². The maximum absolute atomic E-state index is 11.5. The zero-order valence-electron chi connectivity index (χ0n) is 8.83. The summed E-state index contributed by atoms with van der Waals surface area (Å²) in [5.74, 6) is 0.183. The predicted octanol–water partition coefficient (Wildman–Crippen LogP) is 2.62. The molecule has 1 aromatic carbocycles. The number of hydrogen-bond donors (Lipinski definition) is 0. The van der Waals surface area contributed by atoms with E-state index < -0.39 is 0 Å². The standard InChI is InChI=1S/C11H12N4O/c12-14-13-8-9-3-5-10(6-4-9)15-7-1-2-11(15)16/h3-6H,1-2,7-8H2. The molecule has 16 heavy (non-hydrogen) atoms. The van der Waals surface area contributed by atoms with Crippen molar-refractivity contribution in [3.05, 3.63) is 40.3 Å². The van der Waals surface area contributed by atoms with E-state index >= 15 is 0 Å². The Morgan fingerprint density at radius 2 is 2.12 bits per heavy atom. The van der Waals surface area contributed by atoms with Crippen molar-refractivity contribution in [2.75, 3.05) is 11.4 Å². The van der Waals surface area contributed by atoms with Crippen molar-refractivity contribution in [1.29, 1.82) is 0 Å². The van der Waals surface area contributed by atoms with Crippen LogP contribution in [0.5, 0.6) is 0 Å². The third-order valence-corrected chi connectivity index (χ3v) is 2.64. The first-order valence-electron chi connectivity index (χ1n) is 5.21. The lowest BCUT2D eigenvalue weighted by atomic mass is 10.2. The molecule has 0 spiro atoms. The largest absolute Gasteiger partial charge is 0.312 e. The highest BCUT2D eigenvalue weighted by Gasteiger charge is 2.21. The van der Waals surface area contributed by atoms with Gasteiger partial charge in [0.05, 0.1) is 6.54 Å². The minimum Gasteiger partial charge on any atom is -0.312 e. The molecular weight excluding hydrogens is 204 g/mol. The van der Waals surface area contributed by atoms with Crippen LogP contribution >= 0.6 is 0 Å². The molecule has 0 aliphatic carbocycles. The molecule has 0 atom stereocenters. The summed E-state index contributed by atoms with van der Waals surface area (Å²) in [7, 11) is 0. The van der Waals surface area contributed by atoms with E-state index in [4.69, 9.17) is 5.53 Å². The fraction of sp³-hybridized carbons (Fsp3) is 0.364. The number of carbonyl (C=O) groups is 1. The number of hydrogen-bond acceptors (Lipinski definition) is 2. The number of rotatable bonds is 3. The SMILES string of the molecule is [N-]=[N+]=NCc1ccc(N2CCCC2=O)cc1. The van der Waals surface area contributed by atoms with Crippen LogP contribution in [-0.4, -0.2) is 12.5 Å². The summed E-state index contributed by atoms with van der Waals surface area (Å²) in [6.45, 7) is 1.15. The molecule has 1 heterocycles. The minimum absolute atomic E-state index is 0.183. The summed E-state index contributed by atoms with van der Waals surface area (Å²) in [6.07, 6.45) is 1.57. The van der Waals surface area contributed by atoms with Crippen molar-refractivity contribution in [2.24, 2.45) is 5.11 Å². The Morgan fingerprint density at radius 3 is 2.69 bits per heavy atom. The molecule has 2 rings (SSSR count). The molecule has 1 saturated heterocycles. The molecule has 0 N–H and O–H groups in total. The van der Waals surface area contributed by atoms with Crippen LogP contribution in [0.1, 0.15) is 18.4 Å². The Balaban J connectivity index is 2.12. The first-order chi connectivity index (χ1) is 7.81. The molecular formula is C11H12N4O. The van der Waals surface area contributed by atoms with E-state index in [0.717, 1.165) is 24.2 Å². The highest BCUT2D eigenvalue weighted by molar-refractivity contribution is 5.95. The van der Waals surface area contributed by atoms with Gasteiger partial charge in [-0.2, -0.15) is 0 Å². The van der Waals surface area contributed by atoms with E-state index in [1.54, 1.807) is 4.90 Å². The molecule has 1 aliphatic rings. The first kappa shape index (κ1) is 10.5. The lowest BCUT2D eigenvalue weighted by Crippen LogP contribution is -2.23. The molecule has 1 amide bonds. The number of nitrogens with zero attached hydrogens (tertiary/aromatic N) is 4. The summed E-state index contributed by atoms with van der Waals surface area (Å²) in [5, 5.41) is 3.48. The van der Waals surface area contributed by atoms with Gasteiger partial charge in [-0.1, -0.05) is 17.2 Å². The van der Waals surface area contributed by atoms with Gasteiger partial charge in [-0.3, -0.25) is 4.79 Å². The molecule has 5 heteroatoms. The number of amides is 1. The van der Waals surface area contributed by atoms with Crippen LogP contribution < -0.4 is 4.90 Å². The van der Waals surface area contributed by atoms with E-state index in [2.05, 4.69) is 10.0 Å². The highest BCUT2D eigenvalue weighted by atomic mass is 16.2. The second kappa shape index (κ2) is 4.68. The van der Waals surface area contributed by atoms with Crippen LogP contribution in [0.4, 0.5) is 5.69 Å². The highest BCUT2D eigenvalue weighted by Crippen LogP contribution is 2.21. The van der Waals surface area contributed by atoms with E-state index in [9.17, 15) is 4.79 Å². The molecule has 1 aromatic rings. The van der Waals surface area contributed by atoms with Gasteiger partial charge in [0.25, 0.3) is 0 Å².